The van der Waals surface area contributed by atoms with Crippen LogP contribution in [-0.2, 0) is 4.79 Å². The number of amides is 1. The zero-order valence-electron chi connectivity index (χ0n) is 9.44. The van der Waals surface area contributed by atoms with E-state index in [0.717, 1.165) is 22.5 Å². The Morgan fingerprint density at radius 3 is 3.17 bits per heavy atom. The Balaban J connectivity index is 1.85. The van der Waals surface area contributed by atoms with E-state index in [0.29, 0.717) is 13.0 Å². The summed E-state index contributed by atoms with van der Waals surface area (Å²) in [6.45, 7) is 0.617. The van der Waals surface area contributed by atoms with Crippen LogP contribution in [0.15, 0.2) is 11.4 Å². The van der Waals surface area contributed by atoms with E-state index in [9.17, 15) is 4.79 Å². The highest BCUT2D eigenvalue weighted by Crippen LogP contribution is 2.27. The van der Waals surface area contributed by atoms with Crippen LogP contribution < -0.4 is 10.6 Å². The Kier molecular flexibility index (Phi) is 3.05. The monoisotopic (exact) mass is 282 g/mol. The molecule has 1 aliphatic heterocycles. The number of piperidine rings is 1. The third-order valence-corrected chi connectivity index (χ3v) is 3.88. The molecule has 1 unspecified atom stereocenters. The van der Waals surface area contributed by atoms with Crippen LogP contribution in [-0.4, -0.2) is 28.5 Å². The summed E-state index contributed by atoms with van der Waals surface area (Å²) < 4.78 is 0. The van der Waals surface area contributed by atoms with Gasteiger partial charge in [-0.3, -0.25) is 4.79 Å². The molecule has 2 N–H and O–H groups in total. The number of fused-ring (bicyclic) bond motifs is 1. The second kappa shape index (κ2) is 4.70. The summed E-state index contributed by atoms with van der Waals surface area (Å²) >= 11 is 7.43. The van der Waals surface area contributed by atoms with E-state index in [4.69, 9.17) is 11.6 Å². The molecule has 3 heterocycles. The molecule has 3 rings (SSSR count). The summed E-state index contributed by atoms with van der Waals surface area (Å²) in [6.07, 6.45) is 1.35. The van der Waals surface area contributed by atoms with Gasteiger partial charge in [-0.1, -0.05) is 0 Å². The van der Waals surface area contributed by atoms with Crippen LogP contribution in [0.5, 0.6) is 0 Å². The molecular weight excluding hydrogens is 272 g/mol. The van der Waals surface area contributed by atoms with Crippen LogP contribution in [0, 0.1) is 0 Å². The Morgan fingerprint density at radius 1 is 1.50 bits per heavy atom. The fraction of sp³-hybridized carbons (Fsp3) is 0.364. The van der Waals surface area contributed by atoms with E-state index in [1.165, 1.54) is 11.3 Å². The van der Waals surface area contributed by atoms with Crippen LogP contribution in [0.3, 0.4) is 0 Å². The fourth-order valence-electron chi connectivity index (χ4n) is 1.99. The molecule has 2 aromatic rings. The third-order valence-electron chi connectivity index (χ3n) is 2.90. The molecule has 0 radical (unpaired) electrons. The third kappa shape index (κ3) is 2.26. The molecule has 0 saturated carbocycles. The van der Waals surface area contributed by atoms with Gasteiger partial charge in [-0.15, -0.1) is 11.3 Å². The maximum absolute atomic E-state index is 11.1. The Hall–Kier alpha value is -1.40. The standard InChI is InChI=1S/C11H11ClN4OS/c12-11-15-9(7-3-4-18-10(7)16-11)14-6-1-2-8(17)13-5-6/h3-4,6H,1-2,5H2,(H,13,17)(H,14,15,16). The van der Waals surface area contributed by atoms with Gasteiger partial charge in [0.1, 0.15) is 10.6 Å². The highest BCUT2D eigenvalue weighted by molar-refractivity contribution is 7.16. The smallest absolute Gasteiger partial charge is 0.225 e. The summed E-state index contributed by atoms with van der Waals surface area (Å²) in [4.78, 5) is 20.4. The second-order valence-electron chi connectivity index (χ2n) is 4.16. The number of anilines is 1. The minimum absolute atomic E-state index is 0.106. The number of nitrogens with zero attached hydrogens (tertiary/aromatic N) is 2. The number of carbonyl (C=O) groups excluding carboxylic acids is 1. The maximum atomic E-state index is 11.1. The van der Waals surface area contributed by atoms with Gasteiger partial charge >= 0.3 is 0 Å². The first kappa shape index (κ1) is 11.7. The van der Waals surface area contributed by atoms with Crippen molar-refractivity contribution in [2.24, 2.45) is 0 Å². The minimum atomic E-state index is 0.106. The van der Waals surface area contributed by atoms with Gasteiger partial charge in [-0.2, -0.15) is 0 Å². The number of hydrogen-bond acceptors (Lipinski definition) is 5. The molecule has 0 spiro atoms. The van der Waals surface area contributed by atoms with Crippen molar-refractivity contribution in [2.75, 3.05) is 11.9 Å². The first-order valence-corrected chi connectivity index (χ1v) is 6.92. The average Bonchev–Trinajstić information content (AvgIpc) is 2.80. The number of rotatable bonds is 2. The Morgan fingerprint density at radius 2 is 2.39 bits per heavy atom. The van der Waals surface area contributed by atoms with E-state index in [2.05, 4.69) is 20.6 Å². The first-order chi connectivity index (χ1) is 8.72. The summed E-state index contributed by atoms with van der Waals surface area (Å²) in [5, 5.41) is 9.34. The zero-order valence-corrected chi connectivity index (χ0v) is 11.0. The van der Waals surface area contributed by atoms with Crippen LogP contribution >= 0.6 is 22.9 Å². The SMILES string of the molecule is O=C1CCC(Nc2nc(Cl)nc3sccc23)CN1. The molecule has 1 amide bonds. The molecule has 0 bridgehead atoms. The lowest BCUT2D eigenvalue weighted by Crippen LogP contribution is -2.42. The largest absolute Gasteiger partial charge is 0.365 e. The number of halogens is 1. The molecule has 7 heteroatoms. The van der Waals surface area contributed by atoms with Gasteiger partial charge in [0.25, 0.3) is 0 Å². The molecule has 1 fully saturated rings. The molecule has 1 atom stereocenters. The van der Waals surface area contributed by atoms with Gasteiger partial charge in [0.2, 0.25) is 11.2 Å². The Labute approximate surface area is 113 Å². The number of nitrogens with one attached hydrogen (secondary N) is 2. The molecule has 18 heavy (non-hydrogen) atoms. The molecule has 5 nitrogen and oxygen atoms in total. The molecule has 2 aromatic heterocycles. The van der Waals surface area contributed by atoms with Crippen molar-refractivity contribution in [1.82, 2.24) is 15.3 Å². The predicted molar refractivity (Wildman–Crippen MR) is 72.1 cm³/mol. The highest BCUT2D eigenvalue weighted by Gasteiger charge is 2.19. The summed E-state index contributed by atoms with van der Waals surface area (Å²) in [6, 6.07) is 2.16. The van der Waals surface area contributed by atoms with Crippen molar-refractivity contribution in [3.05, 3.63) is 16.7 Å². The highest BCUT2D eigenvalue weighted by atomic mass is 35.5. The van der Waals surface area contributed by atoms with Crippen LogP contribution in [0.25, 0.3) is 10.2 Å². The van der Waals surface area contributed by atoms with Gasteiger partial charge in [0, 0.05) is 19.0 Å². The van der Waals surface area contributed by atoms with Crippen LogP contribution in [0.4, 0.5) is 5.82 Å². The van der Waals surface area contributed by atoms with Crippen molar-refractivity contribution in [3.63, 3.8) is 0 Å². The van der Waals surface area contributed by atoms with Gasteiger partial charge in [0.05, 0.1) is 5.39 Å². The number of thiophene rings is 1. The fourth-order valence-corrected chi connectivity index (χ4v) is 2.97. The molecule has 0 aliphatic carbocycles. The lowest BCUT2D eigenvalue weighted by atomic mass is 10.1. The molecule has 1 aliphatic rings. The van der Waals surface area contributed by atoms with Gasteiger partial charge in [-0.25, -0.2) is 9.97 Å². The van der Waals surface area contributed by atoms with Crippen molar-refractivity contribution < 1.29 is 4.79 Å². The molecule has 0 aromatic carbocycles. The van der Waals surface area contributed by atoms with E-state index >= 15 is 0 Å². The quantitative estimate of drug-likeness (QED) is 0.827. The number of carbonyl (C=O) groups is 1. The Bertz CT molecular complexity index is 590. The number of hydrogen-bond donors (Lipinski definition) is 2. The summed E-state index contributed by atoms with van der Waals surface area (Å²) in [5.74, 6) is 0.849. The van der Waals surface area contributed by atoms with Gasteiger partial charge in [0.15, 0.2) is 0 Å². The van der Waals surface area contributed by atoms with Crippen LogP contribution in [0.1, 0.15) is 12.8 Å². The van der Waals surface area contributed by atoms with Gasteiger partial charge < -0.3 is 10.6 Å². The van der Waals surface area contributed by atoms with Crippen molar-refractivity contribution in [2.45, 2.75) is 18.9 Å². The van der Waals surface area contributed by atoms with E-state index in [1.807, 2.05) is 11.4 Å². The second-order valence-corrected chi connectivity index (χ2v) is 5.40. The van der Waals surface area contributed by atoms with Crippen molar-refractivity contribution in [3.8, 4) is 0 Å². The lowest BCUT2D eigenvalue weighted by Gasteiger charge is -2.24. The van der Waals surface area contributed by atoms with E-state index in [1.54, 1.807) is 0 Å². The predicted octanol–water partition coefficient (Wildman–Crippen LogP) is 2.04. The zero-order chi connectivity index (χ0) is 12.5. The normalized spacial score (nSPS) is 19.8. The average molecular weight is 283 g/mol. The first-order valence-electron chi connectivity index (χ1n) is 5.66. The van der Waals surface area contributed by atoms with Gasteiger partial charge in [-0.05, 0) is 29.5 Å². The molecule has 94 valence electrons. The van der Waals surface area contributed by atoms with Crippen LogP contribution in [0.2, 0.25) is 5.28 Å². The van der Waals surface area contributed by atoms with Crippen molar-refractivity contribution >= 4 is 44.9 Å². The topological polar surface area (TPSA) is 66.9 Å². The van der Waals surface area contributed by atoms with E-state index in [-0.39, 0.29) is 17.2 Å². The molecular formula is C11H11ClN4OS. The van der Waals surface area contributed by atoms with Crippen molar-refractivity contribution in [1.29, 1.82) is 0 Å². The lowest BCUT2D eigenvalue weighted by molar-refractivity contribution is -0.122. The summed E-state index contributed by atoms with van der Waals surface area (Å²) in [5.41, 5.74) is 0. The minimum Gasteiger partial charge on any atom is -0.365 e. The maximum Gasteiger partial charge on any atom is 0.225 e. The number of aromatic nitrogens is 2. The summed E-state index contributed by atoms with van der Waals surface area (Å²) in [7, 11) is 0. The molecule has 1 saturated heterocycles. The van der Waals surface area contributed by atoms with E-state index < -0.39 is 0 Å².